The second-order valence-electron chi connectivity index (χ2n) is 7.25. The van der Waals surface area contributed by atoms with Gasteiger partial charge in [0.2, 0.25) is 11.8 Å². The number of primary amides is 1. The molecule has 0 atom stereocenters. The summed E-state index contributed by atoms with van der Waals surface area (Å²) in [6.45, 7) is 1.75. The summed E-state index contributed by atoms with van der Waals surface area (Å²) in [4.78, 5) is 35.8. The Labute approximate surface area is 190 Å². The summed E-state index contributed by atoms with van der Waals surface area (Å²) in [5, 5.41) is 15.1. The zero-order valence-electron chi connectivity index (χ0n) is 17.5. The predicted octanol–water partition coefficient (Wildman–Crippen LogP) is 2.46. The van der Waals surface area contributed by atoms with Crippen LogP contribution < -0.4 is 16.4 Å². The second kappa shape index (κ2) is 9.53. The van der Waals surface area contributed by atoms with Crippen molar-refractivity contribution < 1.29 is 27.9 Å². The minimum Gasteiger partial charge on any atom is -0.506 e. The molecular weight excluding hydrogens is 446 g/mol. The van der Waals surface area contributed by atoms with Gasteiger partial charge in [-0.15, -0.1) is 0 Å². The minimum atomic E-state index is -3.84. The van der Waals surface area contributed by atoms with Crippen molar-refractivity contribution in [3.8, 4) is 5.75 Å². The van der Waals surface area contributed by atoms with Crippen molar-refractivity contribution in [1.29, 1.82) is 0 Å². The zero-order chi connectivity index (χ0) is 24.2. The number of aryl methyl sites for hydroxylation is 1. The van der Waals surface area contributed by atoms with E-state index in [0.29, 0.717) is 0 Å². The lowest BCUT2D eigenvalue weighted by Gasteiger charge is -2.11. The predicted molar refractivity (Wildman–Crippen MR) is 123 cm³/mol. The van der Waals surface area contributed by atoms with Crippen molar-refractivity contribution in [2.45, 2.75) is 11.8 Å². The Morgan fingerprint density at radius 2 is 1.58 bits per heavy atom. The number of anilines is 2. The molecule has 0 spiro atoms. The minimum absolute atomic E-state index is 0.0439. The fraction of sp³-hybridized carbons (Fsp3) is 0.0870. The van der Waals surface area contributed by atoms with Crippen LogP contribution in [0.4, 0.5) is 11.4 Å². The van der Waals surface area contributed by atoms with Crippen molar-refractivity contribution in [1.82, 2.24) is 0 Å². The number of nitrogens with two attached hydrogens (primary N) is 1. The van der Waals surface area contributed by atoms with E-state index in [4.69, 9.17) is 5.73 Å². The molecule has 0 saturated heterocycles. The largest absolute Gasteiger partial charge is 0.506 e. The number of hydrogen-bond donors (Lipinski definition) is 4. The third-order valence-electron chi connectivity index (χ3n) is 4.63. The molecule has 0 unspecified atom stereocenters. The van der Waals surface area contributed by atoms with Gasteiger partial charge in [-0.05, 0) is 61.0 Å². The van der Waals surface area contributed by atoms with E-state index in [1.54, 1.807) is 19.1 Å². The SMILES string of the molecule is Cc1cccc(S(=O)(=O)CC(=O)Nc2ccc(NC(=O)c3ccc(C(N)=O)cc3)c(O)c2)c1. The summed E-state index contributed by atoms with van der Waals surface area (Å²) in [6.07, 6.45) is 0. The number of hydrogen-bond acceptors (Lipinski definition) is 6. The van der Waals surface area contributed by atoms with Crippen molar-refractivity contribution >= 4 is 38.9 Å². The summed E-state index contributed by atoms with van der Waals surface area (Å²) in [5.41, 5.74) is 6.63. The van der Waals surface area contributed by atoms with Gasteiger partial charge < -0.3 is 21.5 Å². The fourth-order valence-electron chi connectivity index (χ4n) is 2.96. The Morgan fingerprint density at radius 1 is 0.909 bits per heavy atom. The normalized spacial score (nSPS) is 10.9. The zero-order valence-corrected chi connectivity index (χ0v) is 18.3. The molecule has 0 aliphatic heterocycles. The molecule has 0 aromatic heterocycles. The maximum absolute atomic E-state index is 12.4. The van der Waals surface area contributed by atoms with Crippen LogP contribution in [0.5, 0.6) is 5.75 Å². The molecule has 9 nitrogen and oxygen atoms in total. The topological polar surface area (TPSA) is 156 Å². The van der Waals surface area contributed by atoms with Gasteiger partial charge in [-0.2, -0.15) is 0 Å². The van der Waals surface area contributed by atoms with Crippen LogP contribution in [0.1, 0.15) is 26.3 Å². The molecule has 3 amide bonds. The number of nitrogens with one attached hydrogen (secondary N) is 2. The van der Waals surface area contributed by atoms with Crippen molar-refractivity contribution in [3.05, 3.63) is 83.4 Å². The number of aromatic hydroxyl groups is 1. The number of sulfone groups is 1. The van der Waals surface area contributed by atoms with Crippen LogP contribution in [0.15, 0.2) is 71.6 Å². The fourth-order valence-corrected chi connectivity index (χ4v) is 4.19. The molecule has 3 rings (SSSR count). The summed E-state index contributed by atoms with van der Waals surface area (Å²) >= 11 is 0. The molecule has 0 fully saturated rings. The molecule has 0 saturated carbocycles. The van der Waals surface area contributed by atoms with Crippen LogP contribution >= 0.6 is 0 Å². The van der Waals surface area contributed by atoms with Crippen LogP contribution in [0.2, 0.25) is 0 Å². The van der Waals surface area contributed by atoms with Gasteiger partial charge in [0.15, 0.2) is 9.84 Å². The lowest BCUT2D eigenvalue weighted by molar-refractivity contribution is -0.113. The van der Waals surface area contributed by atoms with E-state index in [-0.39, 0.29) is 33.1 Å². The highest BCUT2D eigenvalue weighted by Gasteiger charge is 2.20. The molecule has 0 bridgehead atoms. The van der Waals surface area contributed by atoms with Gasteiger partial charge in [0.05, 0.1) is 10.6 Å². The molecule has 33 heavy (non-hydrogen) atoms. The first kappa shape index (κ1) is 23.5. The van der Waals surface area contributed by atoms with Gasteiger partial charge in [0, 0.05) is 22.9 Å². The number of carbonyl (C=O) groups is 3. The molecule has 0 aliphatic rings. The maximum Gasteiger partial charge on any atom is 0.255 e. The highest BCUT2D eigenvalue weighted by atomic mass is 32.2. The Morgan fingerprint density at radius 3 is 2.18 bits per heavy atom. The Kier molecular flexibility index (Phi) is 6.78. The van der Waals surface area contributed by atoms with Gasteiger partial charge in [0.1, 0.15) is 11.5 Å². The van der Waals surface area contributed by atoms with Crippen LogP contribution in [-0.4, -0.2) is 37.0 Å². The Balaban J connectivity index is 1.65. The van der Waals surface area contributed by atoms with Crippen molar-refractivity contribution in [2.75, 3.05) is 16.4 Å². The van der Waals surface area contributed by atoms with Gasteiger partial charge in [-0.25, -0.2) is 8.42 Å². The summed E-state index contributed by atoms with van der Waals surface area (Å²) in [7, 11) is -3.84. The second-order valence-corrected chi connectivity index (χ2v) is 9.24. The first-order valence-electron chi connectivity index (χ1n) is 9.69. The van der Waals surface area contributed by atoms with Crippen LogP contribution in [-0.2, 0) is 14.6 Å². The van der Waals surface area contributed by atoms with Gasteiger partial charge in [-0.1, -0.05) is 12.1 Å². The van der Waals surface area contributed by atoms with Crippen LogP contribution in [0.3, 0.4) is 0 Å². The monoisotopic (exact) mass is 467 g/mol. The third-order valence-corrected chi connectivity index (χ3v) is 6.25. The Bertz CT molecular complexity index is 1330. The van der Waals surface area contributed by atoms with E-state index < -0.39 is 33.3 Å². The van der Waals surface area contributed by atoms with Crippen molar-refractivity contribution in [2.24, 2.45) is 5.73 Å². The van der Waals surface area contributed by atoms with E-state index in [9.17, 15) is 27.9 Å². The molecular formula is C23H21N3O6S. The van der Waals surface area contributed by atoms with E-state index in [1.165, 1.54) is 54.6 Å². The number of carbonyl (C=O) groups excluding carboxylic acids is 3. The number of rotatable bonds is 7. The first-order chi connectivity index (χ1) is 15.5. The number of benzene rings is 3. The number of phenolic OH excluding ortho intramolecular Hbond substituents is 1. The van der Waals surface area contributed by atoms with Crippen LogP contribution in [0.25, 0.3) is 0 Å². The van der Waals surface area contributed by atoms with Crippen LogP contribution in [0, 0.1) is 6.92 Å². The maximum atomic E-state index is 12.4. The molecule has 170 valence electrons. The molecule has 10 heteroatoms. The molecule has 5 N–H and O–H groups in total. The number of amides is 3. The quantitative estimate of drug-likeness (QED) is 0.391. The van der Waals surface area contributed by atoms with Crippen molar-refractivity contribution in [3.63, 3.8) is 0 Å². The summed E-state index contributed by atoms with van der Waals surface area (Å²) in [6, 6.07) is 15.8. The van der Waals surface area contributed by atoms with E-state index >= 15 is 0 Å². The standard InChI is InChI=1S/C23H21N3O6S/c1-14-3-2-4-18(11-14)33(31,32)13-21(28)25-17-9-10-19(20(27)12-17)26-23(30)16-7-5-15(6-8-16)22(24)29/h2-12,27H,13H2,1H3,(H2,24,29)(H,25,28)(H,26,30). The van der Waals surface area contributed by atoms with Gasteiger partial charge in [-0.3, -0.25) is 14.4 Å². The molecule has 0 radical (unpaired) electrons. The molecule has 0 heterocycles. The smallest absolute Gasteiger partial charge is 0.255 e. The van der Waals surface area contributed by atoms with Gasteiger partial charge >= 0.3 is 0 Å². The highest BCUT2D eigenvalue weighted by Crippen LogP contribution is 2.27. The van der Waals surface area contributed by atoms with E-state index in [0.717, 1.165) is 5.56 Å². The summed E-state index contributed by atoms with van der Waals surface area (Å²) in [5.74, 6) is -3.04. The first-order valence-corrected chi connectivity index (χ1v) is 11.3. The average molecular weight is 468 g/mol. The van der Waals surface area contributed by atoms with Gasteiger partial charge in [0.25, 0.3) is 5.91 Å². The molecule has 3 aromatic rings. The molecule has 3 aromatic carbocycles. The third kappa shape index (κ3) is 5.95. The molecule has 0 aliphatic carbocycles. The highest BCUT2D eigenvalue weighted by molar-refractivity contribution is 7.92. The average Bonchev–Trinajstić information content (AvgIpc) is 2.75. The summed E-state index contributed by atoms with van der Waals surface area (Å²) < 4.78 is 24.9. The lowest BCUT2D eigenvalue weighted by Crippen LogP contribution is -2.23. The van der Waals surface area contributed by atoms with E-state index in [2.05, 4.69) is 10.6 Å². The number of phenols is 1. The Hall–Kier alpha value is -4.18. The van der Waals surface area contributed by atoms with E-state index in [1.807, 2.05) is 0 Å². The lowest BCUT2D eigenvalue weighted by atomic mass is 10.1.